The number of rotatable bonds is 5. The Morgan fingerprint density at radius 2 is 2.18 bits per heavy atom. The molecule has 2 rings (SSSR count). The van der Waals surface area contributed by atoms with Crippen LogP contribution in [0.25, 0.3) is 0 Å². The first-order chi connectivity index (χ1) is 10.2. The van der Waals surface area contributed by atoms with Gasteiger partial charge in [0.2, 0.25) is 0 Å². The third kappa shape index (κ3) is 4.57. The number of likely N-dealkylation sites (tertiary alicyclic amines) is 1. The molecule has 0 spiro atoms. The lowest BCUT2D eigenvalue weighted by Gasteiger charge is -2.24. The molecule has 1 N–H and O–H groups in total. The van der Waals surface area contributed by atoms with Crippen molar-refractivity contribution in [2.45, 2.75) is 39.7 Å². The molecule has 0 saturated carbocycles. The number of aliphatic imine (C=N–C) groups is 1. The third-order valence-corrected chi connectivity index (χ3v) is 4.66. The number of guanidine groups is 1. The van der Waals surface area contributed by atoms with Crippen molar-refractivity contribution in [3.63, 3.8) is 0 Å². The molecule has 1 aromatic rings. The van der Waals surface area contributed by atoms with Gasteiger partial charge in [0.15, 0.2) is 5.96 Å². The zero-order valence-corrected chi connectivity index (χ0v) is 16.4. The highest BCUT2D eigenvalue weighted by atomic mass is 127. The van der Waals surface area contributed by atoms with Crippen LogP contribution in [0.4, 0.5) is 0 Å². The Labute approximate surface area is 150 Å². The molecule has 0 amide bonds. The smallest absolute Gasteiger partial charge is 0.194 e. The Balaban J connectivity index is 0.00000242. The molecule has 1 atom stereocenters. The number of nitrogens with one attached hydrogen (secondary N) is 1. The molecule has 2 heterocycles. The van der Waals surface area contributed by atoms with Crippen LogP contribution in [0.5, 0.6) is 0 Å². The SMILES string of the molecule is CCC(CC)C1CCN(C(=NC)NCc2ncnn2C)C1.I. The van der Waals surface area contributed by atoms with Gasteiger partial charge < -0.3 is 10.2 Å². The lowest BCUT2D eigenvalue weighted by atomic mass is 9.87. The van der Waals surface area contributed by atoms with Crippen LogP contribution in [0.3, 0.4) is 0 Å². The lowest BCUT2D eigenvalue weighted by molar-refractivity contribution is 0.319. The van der Waals surface area contributed by atoms with E-state index in [1.54, 1.807) is 11.0 Å². The number of hydrogen-bond acceptors (Lipinski definition) is 3. The van der Waals surface area contributed by atoms with Crippen molar-refractivity contribution in [1.29, 1.82) is 0 Å². The van der Waals surface area contributed by atoms with Gasteiger partial charge in [0, 0.05) is 27.2 Å². The number of aromatic nitrogens is 3. The summed E-state index contributed by atoms with van der Waals surface area (Å²) in [7, 11) is 3.76. The molecular formula is C15H29IN6. The van der Waals surface area contributed by atoms with Crippen LogP contribution in [0.2, 0.25) is 0 Å². The van der Waals surface area contributed by atoms with Gasteiger partial charge >= 0.3 is 0 Å². The molecule has 7 heteroatoms. The van der Waals surface area contributed by atoms with E-state index in [0.717, 1.165) is 36.7 Å². The Morgan fingerprint density at radius 3 is 2.73 bits per heavy atom. The van der Waals surface area contributed by atoms with E-state index in [9.17, 15) is 0 Å². The second-order valence-corrected chi connectivity index (χ2v) is 5.77. The predicted molar refractivity (Wildman–Crippen MR) is 100 cm³/mol. The average molecular weight is 420 g/mol. The zero-order valence-electron chi connectivity index (χ0n) is 14.1. The van der Waals surface area contributed by atoms with E-state index in [1.165, 1.54) is 19.3 Å². The highest BCUT2D eigenvalue weighted by Crippen LogP contribution is 2.28. The molecule has 0 bridgehead atoms. The van der Waals surface area contributed by atoms with Gasteiger partial charge in [0.1, 0.15) is 12.2 Å². The second-order valence-electron chi connectivity index (χ2n) is 5.77. The molecule has 126 valence electrons. The van der Waals surface area contributed by atoms with Crippen LogP contribution >= 0.6 is 24.0 Å². The Kier molecular flexibility index (Phi) is 8.13. The van der Waals surface area contributed by atoms with Gasteiger partial charge in [-0.15, -0.1) is 24.0 Å². The first-order valence-electron chi connectivity index (χ1n) is 7.98. The van der Waals surface area contributed by atoms with E-state index in [0.29, 0.717) is 6.54 Å². The molecule has 1 aliphatic heterocycles. The normalized spacial score (nSPS) is 18.7. The molecular weight excluding hydrogens is 391 g/mol. The summed E-state index contributed by atoms with van der Waals surface area (Å²) in [6.07, 6.45) is 5.41. The quantitative estimate of drug-likeness (QED) is 0.451. The van der Waals surface area contributed by atoms with E-state index in [1.807, 2.05) is 14.1 Å². The fraction of sp³-hybridized carbons (Fsp3) is 0.800. The fourth-order valence-electron chi connectivity index (χ4n) is 3.29. The Morgan fingerprint density at radius 1 is 1.45 bits per heavy atom. The molecule has 0 aliphatic carbocycles. The predicted octanol–water partition coefficient (Wildman–Crippen LogP) is 2.27. The van der Waals surface area contributed by atoms with Crippen LogP contribution in [0, 0.1) is 11.8 Å². The summed E-state index contributed by atoms with van der Waals surface area (Å²) >= 11 is 0. The van der Waals surface area contributed by atoms with Crippen molar-refractivity contribution in [2.75, 3.05) is 20.1 Å². The van der Waals surface area contributed by atoms with Crippen LogP contribution in [-0.2, 0) is 13.6 Å². The van der Waals surface area contributed by atoms with Crippen molar-refractivity contribution in [2.24, 2.45) is 23.9 Å². The average Bonchev–Trinajstić information content (AvgIpc) is 3.11. The van der Waals surface area contributed by atoms with Crippen molar-refractivity contribution >= 4 is 29.9 Å². The van der Waals surface area contributed by atoms with Crippen molar-refractivity contribution in [3.8, 4) is 0 Å². The summed E-state index contributed by atoms with van der Waals surface area (Å²) in [5.41, 5.74) is 0. The van der Waals surface area contributed by atoms with E-state index in [2.05, 4.69) is 39.1 Å². The van der Waals surface area contributed by atoms with Crippen LogP contribution in [0.1, 0.15) is 38.9 Å². The van der Waals surface area contributed by atoms with Gasteiger partial charge in [-0.2, -0.15) is 5.10 Å². The molecule has 6 nitrogen and oxygen atoms in total. The van der Waals surface area contributed by atoms with Crippen LogP contribution in [-0.4, -0.2) is 45.8 Å². The molecule has 0 radical (unpaired) electrons. The molecule has 1 aromatic heterocycles. The first-order valence-corrected chi connectivity index (χ1v) is 7.98. The van der Waals surface area contributed by atoms with Gasteiger partial charge in [-0.25, -0.2) is 4.98 Å². The topological polar surface area (TPSA) is 58.3 Å². The number of hydrogen-bond donors (Lipinski definition) is 1. The van der Waals surface area contributed by atoms with Crippen LogP contribution in [0.15, 0.2) is 11.3 Å². The van der Waals surface area contributed by atoms with Crippen molar-refractivity contribution in [1.82, 2.24) is 25.0 Å². The Hall–Kier alpha value is -0.860. The molecule has 1 saturated heterocycles. The summed E-state index contributed by atoms with van der Waals surface area (Å²) in [5, 5.41) is 7.49. The van der Waals surface area contributed by atoms with Gasteiger partial charge in [0.25, 0.3) is 0 Å². The second kappa shape index (κ2) is 9.32. The van der Waals surface area contributed by atoms with Crippen molar-refractivity contribution in [3.05, 3.63) is 12.2 Å². The van der Waals surface area contributed by atoms with Crippen molar-refractivity contribution < 1.29 is 0 Å². The molecule has 0 aromatic carbocycles. The number of nitrogens with zero attached hydrogens (tertiary/aromatic N) is 5. The maximum Gasteiger partial charge on any atom is 0.194 e. The first kappa shape index (κ1) is 19.2. The van der Waals surface area contributed by atoms with E-state index >= 15 is 0 Å². The number of aryl methyl sites for hydroxylation is 1. The summed E-state index contributed by atoms with van der Waals surface area (Å²) in [6, 6.07) is 0. The summed E-state index contributed by atoms with van der Waals surface area (Å²) in [5.74, 6) is 3.54. The maximum atomic E-state index is 4.42. The Bertz CT molecular complexity index is 468. The minimum absolute atomic E-state index is 0. The van der Waals surface area contributed by atoms with Gasteiger partial charge in [-0.3, -0.25) is 9.67 Å². The van der Waals surface area contributed by atoms with E-state index < -0.39 is 0 Å². The van der Waals surface area contributed by atoms with Gasteiger partial charge in [-0.05, 0) is 18.3 Å². The minimum atomic E-state index is 0. The summed E-state index contributed by atoms with van der Waals surface area (Å²) in [6.45, 7) is 7.48. The number of halogens is 1. The molecule has 1 unspecified atom stereocenters. The van der Waals surface area contributed by atoms with E-state index in [4.69, 9.17) is 0 Å². The largest absolute Gasteiger partial charge is 0.349 e. The lowest BCUT2D eigenvalue weighted by Crippen LogP contribution is -2.40. The van der Waals surface area contributed by atoms with Gasteiger partial charge in [-0.1, -0.05) is 26.7 Å². The van der Waals surface area contributed by atoms with Gasteiger partial charge in [0.05, 0.1) is 6.54 Å². The fourth-order valence-corrected chi connectivity index (χ4v) is 3.29. The monoisotopic (exact) mass is 420 g/mol. The summed E-state index contributed by atoms with van der Waals surface area (Å²) in [4.78, 5) is 11.0. The highest BCUT2D eigenvalue weighted by Gasteiger charge is 2.29. The third-order valence-electron chi connectivity index (χ3n) is 4.66. The molecule has 22 heavy (non-hydrogen) atoms. The minimum Gasteiger partial charge on any atom is -0.349 e. The molecule has 1 aliphatic rings. The van der Waals surface area contributed by atoms with Crippen LogP contribution < -0.4 is 5.32 Å². The van der Waals surface area contributed by atoms with E-state index in [-0.39, 0.29) is 24.0 Å². The maximum absolute atomic E-state index is 4.42. The zero-order chi connectivity index (χ0) is 15.2. The molecule has 1 fully saturated rings. The summed E-state index contributed by atoms with van der Waals surface area (Å²) < 4.78 is 1.79. The highest BCUT2D eigenvalue weighted by molar-refractivity contribution is 14.0. The standard InChI is InChI=1S/C15H28N6.HI/c1-5-12(6-2)13-7-8-21(10-13)15(16-3)17-9-14-18-11-19-20(14)4;/h11-13H,5-10H2,1-4H3,(H,16,17);1H.